The standard InChI is InChI=1S/C12H18N4/c1-9-11(7-4-8-14-9)12(16-13)15-10-5-2-3-6-10/h4,7-8,10H,2-3,5-6,13H2,1H3,(H,15,16). The van der Waals surface area contributed by atoms with Gasteiger partial charge in [-0.1, -0.05) is 12.8 Å². The molecular weight excluding hydrogens is 200 g/mol. The summed E-state index contributed by atoms with van der Waals surface area (Å²) in [6.45, 7) is 1.97. The quantitative estimate of drug-likeness (QED) is 0.342. The maximum atomic E-state index is 5.54. The molecule has 2 rings (SSSR count). The van der Waals surface area contributed by atoms with E-state index in [1.54, 1.807) is 6.20 Å². The number of aryl methyl sites for hydroxylation is 1. The maximum absolute atomic E-state index is 5.54. The Labute approximate surface area is 96.0 Å². The molecule has 3 N–H and O–H groups in total. The van der Waals surface area contributed by atoms with E-state index in [9.17, 15) is 0 Å². The molecule has 1 fully saturated rings. The second-order valence-corrected chi connectivity index (χ2v) is 4.20. The van der Waals surface area contributed by atoms with Gasteiger partial charge in [0.15, 0.2) is 0 Å². The predicted octanol–water partition coefficient (Wildman–Crippen LogP) is 1.54. The van der Waals surface area contributed by atoms with Gasteiger partial charge in [-0.25, -0.2) is 5.84 Å². The average Bonchev–Trinajstić information content (AvgIpc) is 2.80. The number of hydrogen-bond acceptors (Lipinski definition) is 3. The number of nitrogens with two attached hydrogens (primary N) is 1. The Balaban J connectivity index is 2.24. The molecule has 0 bridgehead atoms. The Morgan fingerprint density at radius 1 is 1.50 bits per heavy atom. The van der Waals surface area contributed by atoms with Gasteiger partial charge in [0.1, 0.15) is 5.84 Å². The molecule has 16 heavy (non-hydrogen) atoms. The fourth-order valence-corrected chi connectivity index (χ4v) is 2.14. The predicted molar refractivity (Wildman–Crippen MR) is 65.1 cm³/mol. The summed E-state index contributed by atoms with van der Waals surface area (Å²) in [5.41, 5.74) is 4.65. The van der Waals surface area contributed by atoms with Crippen LogP contribution in [0.3, 0.4) is 0 Å². The first kappa shape index (κ1) is 11.1. The number of rotatable bonds is 2. The highest BCUT2D eigenvalue weighted by Crippen LogP contribution is 2.21. The monoisotopic (exact) mass is 218 g/mol. The summed E-state index contributed by atoms with van der Waals surface area (Å²) in [7, 11) is 0. The first-order chi connectivity index (χ1) is 7.81. The molecular formula is C12H18N4. The van der Waals surface area contributed by atoms with Crippen molar-refractivity contribution in [2.24, 2.45) is 10.8 Å². The van der Waals surface area contributed by atoms with Crippen LogP contribution in [0.1, 0.15) is 36.9 Å². The molecule has 0 spiro atoms. The fraction of sp³-hybridized carbons (Fsp3) is 0.500. The van der Waals surface area contributed by atoms with Crippen LogP contribution in [0.4, 0.5) is 0 Å². The van der Waals surface area contributed by atoms with Gasteiger partial charge in [0.2, 0.25) is 0 Å². The third-order valence-corrected chi connectivity index (χ3v) is 3.04. The van der Waals surface area contributed by atoms with Crippen LogP contribution >= 0.6 is 0 Å². The van der Waals surface area contributed by atoms with Gasteiger partial charge in [0, 0.05) is 17.5 Å². The average molecular weight is 218 g/mol. The van der Waals surface area contributed by atoms with Crippen molar-refractivity contribution in [2.75, 3.05) is 0 Å². The van der Waals surface area contributed by atoms with Gasteiger partial charge < -0.3 is 5.43 Å². The molecule has 0 amide bonds. The minimum Gasteiger partial charge on any atom is -0.308 e. The lowest BCUT2D eigenvalue weighted by molar-refractivity contribution is 0.700. The number of aromatic nitrogens is 1. The highest BCUT2D eigenvalue weighted by molar-refractivity contribution is 5.99. The van der Waals surface area contributed by atoms with E-state index >= 15 is 0 Å². The van der Waals surface area contributed by atoms with Crippen molar-refractivity contribution >= 4 is 5.84 Å². The number of aliphatic imine (C=N–C) groups is 1. The lowest BCUT2D eigenvalue weighted by Crippen LogP contribution is -2.33. The van der Waals surface area contributed by atoms with E-state index in [1.165, 1.54) is 25.7 Å². The molecule has 86 valence electrons. The highest BCUT2D eigenvalue weighted by Gasteiger charge is 2.15. The lowest BCUT2D eigenvalue weighted by atomic mass is 10.2. The third kappa shape index (κ3) is 2.39. The van der Waals surface area contributed by atoms with Crippen LogP contribution < -0.4 is 11.3 Å². The zero-order valence-electron chi connectivity index (χ0n) is 9.61. The van der Waals surface area contributed by atoms with E-state index in [4.69, 9.17) is 5.84 Å². The van der Waals surface area contributed by atoms with E-state index in [2.05, 4.69) is 15.4 Å². The molecule has 1 aliphatic carbocycles. The number of hydrazine groups is 1. The van der Waals surface area contributed by atoms with Gasteiger partial charge in [-0.2, -0.15) is 0 Å². The maximum Gasteiger partial charge on any atom is 0.144 e. The van der Waals surface area contributed by atoms with Crippen LogP contribution in [-0.4, -0.2) is 16.9 Å². The van der Waals surface area contributed by atoms with Crippen LogP contribution in [0.25, 0.3) is 0 Å². The molecule has 1 saturated carbocycles. The summed E-state index contributed by atoms with van der Waals surface area (Å²) < 4.78 is 0. The first-order valence-corrected chi connectivity index (χ1v) is 5.77. The van der Waals surface area contributed by atoms with Crippen molar-refractivity contribution in [3.05, 3.63) is 29.6 Å². The largest absolute Gasteiger partial charge is 0.308 e. The van der Waals surface area contributed by atoms with E-state index in [-0.39, 0.29) is 0 Å². The highest BCUT2D eigenvalue weighted by atomic mass is 15.3. The second kappa shape index (κ2) is 5.07. The molecule has 4 nitrogen and oxygen atoms in total. The molecule has 1 aliphatic rings. The second-order valence-electron chi connectivity index (χ2n) is 4.20. The topological polar surface area (TPSA) is 63.3 Å². The molecule has 0 aromatic carbocycles. The third-order valence-electron chi connectivity index (χ3n) is 3.04. The lowest BCUT2D eigenvalue weighted by Gasteiger charge is -2.11. The smallest absolute Gasteiger partial charge is 0.144 e. The molecule has 4 heteroatoms. The molecule has 0 radical (unpaired) electrons. The van der Waals surface area contributed by atoms with E-state index < -0.39 is 0 Å². The van der Waals surface area contributed by atoms with Gasteiger partial charge >= 0.3 is 0 Å². The SMILES string of the molecule is Cc1ncccc1C(=NC1CCCC1)NN. The minimum absolute atomic E-state index is 0.422. The fourth-order valence-electron chi connectivity index (χ4n) is 2.14. The number of nitrogens with zero attached hydrogens (tertiary/aromatic N) is 2. The Morgan fingerprint density at radius 3 is 2.88 bits per heavy atom. The molecule has 1 aromatic heterocycles. The zero-order valence-corrected chi connectivity index (χ0v) is 9.61. The van der Waals surface area contributed by atoms with Crippen LogP contribution in [0.5, 0.6) is 0 Å². The number of nitrogens with one attached hydrogen (secondary N) is 1. The van der Waals surface area contributed by atoms with Crippen molar-refractivity contribution in [1.82, 2.24) is 10.4 Å². The van der Waals surface area contributed by atoms with Gasteiger partial charge in [-0.3, -0.25) is 9.98 Å². The van der Waals surface area contributed by atoms with Crippen molar-refractivity contribution < 1.29 is 0 Å². The van der Waals surface area contributed by atoms with Crippen LogP contribution in [0, 0.1) is 6.92 Å². The van der Waals surface area contributed by atoms with Gasteiger partial charge in [-0.05, 0) is 31.9 Å². The van der Waals surface area contributed by atoms with E-state index in [0.717, 1.165) is 17.1 Å². The summed E-state index contributed by atoms with van der Waals surface area (Å²) in [6.07, 6.45) is 6.67. The van der Waals surface area contributed by atoms with Gasteiger partial charge in [0.25, 0.3) is 0 Å². The molecule has 1 heterocycles. The summed E-state index contributed by atoms with van der Waals surface area (Å²) in [4.78, 5) is 8.91. The van der Waals surface area contributed by atoms with Crippen LogP contribution in [0.15, 0.2) is 23.3 Å². The number of pyridine rings is 1. The first-order valence-electron chi connectivity index (χ1n) is 5.77. The van der Waals surface area contributed by atoms with Gasteiger partial charge in [0.05, 0.1) is 6.04 Å². The summed E-state index contributed by atoms with van der Waals surface area (Å²) in [5, 5.41) is 0. The Kier molecular flexibility index (Phi) is 3.51. The zero-order chi connectivity index (χ0) is 11.4. The number of hydrogen-bond donors (Lipinski definition) is 2. The molecule has 0 saturated heterocycles. The van der Waals surface area contributed by atoms with Crippen molar-refractivity contribution in [3.63, 3.8) is 0 Å². The van der Waals surface area contributed by atoms with Crippen molar-refractivity contribution in [3.8, 4) is 0 Å². The Bertz CT molecular complexity index is 380. The number of amidine groups is 1. The molecule has 1 aromatic rings. The Hall–Kier alpha value is -1.42. The molecule has 0 aliphatic heterocycles. The van der Waals surface area contributed by atoms with E-state index in [1.807, 2.05) is 19.1 Å². The van der Waals surface area contributed by atoms with Gasteiger partial charge in [-0.15, -0.1) is 0 Å². The summed E-state index contributed by atoms with van der Waals surface area (Å²) >= 11 is 0. The Morgan fingerprint density at radius 2 is 2.25 bits per heavy atom. The minimum atomic E-state index is 0.422. The van der Waals surface area contributed by atoms with Crippen molar-refractivity contribution in [2.45, 2.75) is 38.6 Å². The molecule has 0 atom stereocenters. The summed E-state index contributed by atoms with van der Waals surface area (Å²) in [6, 6.07) is 4.32. The van der Waals surface area contributed by atoms with E-state index in [0.29, 0.717) is 6.04 Å². The van der Waals surface area contributed by atoms with Crippen LogP contribution in [-0.2, 0) is 0 Å². The summed E-state index contributed by atoms with van der Waals surface area (Å²) in [5.74, 6) is 6.30. The van der Waals surface area contributed by atoms with Crippen molar-refractivity contribution in [1.29, 1.82) is 0 Å². The van der Waals surface area contributed by atoms with Crippen LogP contribution in [0.2, 0.25) is 0 Å². The molecule has 0 unspecified atom stereocenters. The normalized spacial score (nSPS) is 17.8.